The van der Waals surface area contributed by atoms with Gasteiger partial charge < -0.3 is 0 Å². The van der Waals surface area contributed by atoms with Gasteiger partial charge in [0.25, 0.3) is 0 Å². The fraction of sp³-hybridized carbons (Fsp3) is 0.231. The average molecular weight is 322 g/mol. The highest BCUT2D eigenvalue weighted by Crippen LogP contribution is 2.24. The van der Waals surface area contributed by atoms with Gasteiger partial charge >= 0.3 is 0 Å². The lowest BCUT2D eigenvalue weighted by atomic mass is 10.2. The number of fused-ring (bicyclic) bond motifs is 1. The van der Waals surface area contributed by atoms with E-state index in [2.05, 4.69) is 45.1 Å². The molecule has 5 heteroatoms. The number of hydrogen-bond donors (Lipinski definition) is 0. The second kappa shape index (κ2) is 4.82. The summed E-state index contributed by atoms with van der Waals surface area (Å²) in [6.07, 6.45) is 4.14. The van der Waals surface area contributed by atoms with Crippen molar-refractivity contribution in [1.82, 2.24) is 14.6 Å². The highest BCUT2D eigenvalue weighted by Gasteiger charge is 2.08. The van der Waals surface area contributed by atoms with Crippen molar-refractivity contribution < 1.29 is 0 Å². The van der Waals surface area contributed by atoms with E-state index < -0.39 is 0 Å². The third-order valence-electron chi connectivity index (χ3n) is 2.69. The molecule has 0 aliphatic rings. The minimum absolute atomic E-state index is 0.969. The molecule has 2 aromatic heterocycles. The Bertz CT molecular complexity index is 638. The van der Waals surface area contributed by atoms with E-state index in [0.29, 0.717) is 0 Å². The molecule has 0 spiro atoms. The Morgan fingerprint density at radius 3 is 2.72 bits per heavy atom. The topological polar surface area (TPSA) is 30.2 Å². The molecule has 3 aromatic rings. The molecule has 3 nitrogen and oxygen atoms in total. The Labute approximate surface area is 118 Å². The molecule has 0 atom stereocenters. The van der Waals surface area contributed by atoms with Crippen LogP contribution in [0.3, 0.4) is 0 Å². The maximum Gasteiger partial charge on any atom is 0.212 e. The van der Waals surface area contributed by atoms with Gasteiger partial charge in [-0.25, -0.2) is 9.50 Å². The molecule has 0 unspecified atom stereocenters. The summed E-state index contributed by atoms with van der Waals surface area (Å²) < 4.78 is 2.96. The summed E-state index contributed by atoms with van der Waals surface area (Å²) in [6.45, 7) is 2.16. The number of halogens is 1. The molecule has 3 rings (SSSR count). The van der Waals surface area contributed by atoms with Crippen molar-refractivity contribution >= 4 is 32.2 Å². The van der Waals surface area contributed by atoms with Crippen molar-refractivity contribution in [1.29, 1.82) is 0 Å². The molecule has 0 aliphatic carbocycles. The van der Waals surface area contributed by atoms with Crippen LogP contribution in [0, 0.1) is 0 Å². The average Bonchev–Trinajstić information content (AvgIpc) is 2.88. The number of aryl methyl sites for hydroxylation is 1. The summed E-state index contributed by atoms with van der Waals surface area (Å²) in [5.74, 6) is 0. The monoisotopic (exact) mass is 321 g/mol. The molecule has 0 aliphatic heterocycles. The van der Waals surface area contributed by atoms with E-state index >= 15 is 0 Å². The first kappa shape index (κ1) is 11.9. The first-order valence-electron chi connectivity index (χ1n) is 5.87. The van der Waals surface area contributed by atoms with Crippen LogP contribution in [0.2, 0.25) is 0 Å². The van der Waals surface area contributed by atoms with E-state index in [1.54, 1.807) is 11.3 Å². The zero-order valence-corrected chi connectivity index (χ0v) is 12.3. The smallest absolute Gasteiger partial charge is 0.212 e. The predicted molar refractivity (Wildman–Crippen MR) is 78.0 cm³/mol. The Kier molecular flexibility index (Phi) is 3.18. The van der Waals surface area contributed by atoms with Gasteiger partial charge in [-0.2, -0.15) is 5.10 Å². The SMILES string of the molecule is CCCc1nn2cc(-c3ccc(Br)cc3)nc2s1. The van der Waals surface area contributed by atoms with Crippen LogP contribution in [0.25, 0.3) is 16.2 Å². The van der Waals surface area contributed by atoms with Crippen molar-refractivity contribution in [2.45, 2.75) is 19.8 Å². The highest BCUT2D eigenvalue weighted by atomic mass is 79.9. The molecule has 0 bridgehead atoms. The molecule has 0 radical (unpaired) electrons. The minimum Gasteiger partial charge on any atom is -0.217 e. The van der Waals surface area contributed by atoms with Gasteiger partial charge in [0, 0.05) is 16.5 Å². The lowest BCUT2D eigenvalue weighted by Gasteiger charge is -1.95. The molecule has 0 fully saturated rings. The molecular formula is C13H12BrN3S. The number of aromatic nitrogens is 3. The summed E-state index contributed by atoms with van der Waals surface area (Å²) in [5.41, 5.74) is 2.09. The minimum atomic E-state index is 0.969. The zero-order valence-electron chi connectivity index (χ0n) is 9.93. The van der Waals surface area contributed by atoms with Gasteiger partial charge in [0.15, 0.2) is 0 Å². The fourth-order valence-electron chi connectivity index (χ4n) is 1.82. The number of nitrogens with zero attached hydrogens (tertiary/aromatic N) is 3. The molecule has 1 aromatic carbocycles. The van der Waals surface area contributed by atoms with Crippen molar-refractivity contribution in [2.75, 3.05) is 0 Å². The zero-order chi connectivity index (χ0) is 12.5. The summed E-state index contributed by atoms with van der Waals surface area (Å²) in [4.78, 5) is 5.59. The van der Waals surface area contributed by atoms with E-state index in [0.717, 1.165) is 38.5 Å². The van der Waals surface area contributed by atoms with Crippen LogP contribution in [-0.2, 0) is 6.42 Å². The van der Waals surface area contributed by atoms with E-state index in [1.807, 2.05) is 22.8 Å². The second-order valence-corrected chi connectivity index (χ2v) is 6.06. The normalized spacial score (nSPS) is 11.2. The first-order chi connectivity index (χ1) is 8.76. The molecule has 0 saturated heterocycles. The van der Waals surface area contributed by atoms with Crippen molar-refractivity contribution in [3.8, 4) is 11.3 Å². The summed E-state index contributed by atoms with van der Waals surface area (Å²) in [5, 5.41) is 5.68. The fourth-order valence-corrected chi connectivity index (χ4v) is 3.06. The van der Waals surface area contributed by atoms with E-state index in [-0.39, 0.29) is 0 Å². The maximum atomic E-state index is 4.62. The summed E-state index contributed by atoms with van der Waals surface area (Å²) >= 11 is 5.11. The van der Waals surface area contributed by atoms with Crippen LogP contribution >= 0.6 is 27.3 Å². The summed E-state index contributed by atoms with van der Waals surface area (Å²) in [7, 11) is 0. The molecular weight excluding hydrogens is 310 g/mol. The molecule has 0 saturated carbocycles. The Balaban J connectivity index is 1.98. The van der Waals surface area contributed by atoms with Gasteiger partial charge in [-0.05, 0) is 18.6 Å². The largest absolute Gasteiger partial charge is 0.217 e. The van der Waals surface area contributed by atoms with Crippen LogP contribution in [0.4, 0.5) is 0 Å². The van der Waals surface area contributed by atoms with Crippen molar-refractivity contribution in [3.63, 3.8) is 0 Å². The molecule has 18 heavy (non-hydrogen) atoms. The van der Waals surface area contributed by atoms with Gasteiger partial charge in [-0.3, -0.25) is 0 Å². The maximum absolute atomic E-state index is 4.62. The molecule has 0 amide bonds. The Morgan fingerprint density at radius 1 is 1.28 bits per heavy atom. The number of imidazole rings is 1. The van der Waals surface area contributed by atoms with Gasteiger partial charge in [-0.1, -0.05) is 46.3 Å². The standard InChI is InChI=1S/C13H12BrN3S/c1-2-3-12-16-17-8-11(15-13(17)18-12)9-4-6-10(14)7-5-9/h4-8H,2-3H2,1H3. The second-order valence-electron chi connectivity index (χ2n) is 4.11. The van der Waals surface area contributed by atoms with Crippen LogP contribution in [0.5, 0.6) is 0 Å². The van der Waals surface area contributed by atoms with Gasteiger partial charge in [0.1, 0.15) is 5.01 Å². The lowest BCUT2D eigenvalue weighted by molar-refractivity contribution is 0.849. The number of hydrogen-bond acceptors (Lipinski definition) is 3. The van der Waals surface area contributed by atoms with Gasteiger partial charge in [0.05, 0.1) is 11.9 Å². The predicted octanol–water partition coefficient (Wildman–Crippen LogP) is 4.17. The Morgan fingerprint density at radius 2 is 2.06 bits per heavy atom. The van der Waals surface area contributed by atoms with Crippen LogP contribution in [0.15, 0.2) is 34.9 Å². The van der Waals surface area contributed by atoms with E-state index in [4.69, 9.17) is 0 Å². The quantitative estimate of drug-likeness (QED) is 0.724. The van der Waals surface area contributed by atoms with E-state index in [1.165, 1.54) is 0 Å². The molecule has 0 N–H and O–H groups in total. The van der Waals surface area contributed by atoms with Crippen LogP contribution in [0.1, 0.15) is 18.4 Å². The lowest BCUT2D eigenvalue weighted by Crippen LogP contribution is -1.85. The van der Waals surface area contributed by atoms with Gasteiger partial charge in [0.2, 0.25) is 4.96 Å². The van der Waals surface area contributed by atoms with Crippen molar-refractivity contribution in [3.05, 3.63) is 39.9 Å². The Hall–Kier alpha value is -1.20. The third-order valence-corrected chi connectivity index (χ3v) is 4.20. The third kappa shape index (κ3) is 2.20. The molecule has 92 valence electrons. The van der Waals surface area contributed by atoms with Crippen LogP contribution < -0.4 is 0 Å². The number of benzene rings is 1. The van der Waals surface area contributed by atoms with Crippen molar-refractivity contribution in [2.24, 2.45) is 0 Å². The van der Waals surface area contributed by atoms with Gasteiger partial charge in [-0.15, -0.1) is 0 Å². The number of rotatable bonds is 3. The molecule has 2 heterocycles. The first-order valence-corrected chi connectivity index (χ1v) is 7.48. The van der Waals surface area contributed by atoms with Crippen LogP contribution in [-0.4, -0.2) is 14.6 Å². The highest BCUT2D eigenvalue weighted by molar-refractivity contribution is 9.10. The summed E-state index contributed by atoms with van der Waals surface area (Å²) in [6, 6.07) is 8.17. The van der Waals surface area contributed by atoms with E-state index in [9.17, 15) is 0 Å².